The lowest BCUT2D eigenvalue weighted by molar-refractivity contribution is -0.135. The summed E-state index contributed by atoms with van der Waals surface area (Å²) in [4.78, 5) is 40.3. The average molecular weight is 507 g/mol. The van der Waals surface area contributed by atoms with Crippen LogP contribution in [0.1, 0.15) is 51.3 Å². The van der Waals surface area contributed by atoms with Crippen LogP contribution in [0.2, 0.25) is 0 Å². The molecule has 2 aliphatic heterocycles. The fourth-order valence-electron chi connectivity index (χ4n) is 4.32. The van der Waals surface area contributed by atoms with E-state index in [4.69, 9.17) is 4.74 Å². The Morgan fingerprint density at radius 3 is 2.27 bits per heavy atom. The number of carbonyl (C=O) groups is 3. The molecule has 0 fully saturated rings. The van der Waals surface area contributed by atoms with Crippen LogP contribution in [-0.2, 0) is 14.4 Å². The Labute approximate surface area is 219 Å². The molecule has 4 N–H and O–H groups in total. The standard InChI is InChI=1S/C29H38N4O4/c1-6-19(4)24-27(34)31-17-16-20-12-14-22(15-13-20)37-26(21-10-8-7-9-11-21)25(29(36)32-24)33-28(35)23(30-5)18(2)3/h7-19,23-26,30H,6H2,1-5H3,(H,31,34)(H,32,36)(H,33,35)/b17-16+/t19?,23?,24-,25?,26-/m0/s1. The van der Waals surface area contributed by atoms with Gasteiger partial charge in [-0.3, -0.25) is 14.4 Å². The molecule has 4 rings (SSSR count). The minimum Gasteiger partial charge on any atom is -0.483 e. The Bertz CT molecular complexity index is 1080. The highest BCUT2D eigenvalue weighted by atomic mass is 16.5. The summed E-state index contributed by atoms with van der Waals surface area (Å²) in [6.45, 7) is 7.72. The van der Waals surface area contributed by atoms with E-state index in [-0.39, 0.29) is 23.7 Å². The smallest absolute Gasteiger partial charge is 0.247 e. The fraction of sp³-hybridized carbons (Fsp3) is 0.414. The van der Waals surface area contributed by atoms with Gasteiger partial charge in [-0.15, -0.1) is 0 Å². The molecule has 2 heterocycles. The fourth-order valence-corrected chi connectivity index (χ4v) is 4.32. The largest absolute Gasteiger partial charge is 0.483 e. The van der Waals surface area contributed by atoms with Crippen LogP contribution in [0, 0.1) is 11.8 Å². The number of amides is 3. The summed E-state index contributed by atoms with van der Waals surface area (Å²) in [6, 6.07) is 14.2. The van der Waals surface area contributed by atoms with Gasteiger partial charge in [-0.25, -0.2) is 0 Å². The van der Waals surface area contributed by atoms with Crippen LogP contribution in [0.4, 0.5) is 0 Å². The van der Waals surface area contributed by atoms with Crippen molar-refractivity contribution in [2.45, 2.75) is 58.3 Å². The van der Waals surface area contributed by atoms with Gasteiger partial charge in [0.25, 0.3) is 0 Å². The molecule has 5 atom stereocenters. The molecule has 0 aromatic heterocycles. The maximum Gasteiger partial charge on any atom is 0.247 e. The number of nitrogens with one attached hydrogen (secondary N) is 4. The topological polar surface area (TPSA) is 109 Å². The van der Waals surface area contributed by atoms with Gasteiger partial charge in [0.1, 0.15) is 17.8 Å². The van der Waals surface area contributed by atoms with Crippen molar-refractivity contribution in [1.82, 2.24) is 21.3 Å². The molecule has 2 aromatic rings. The van der Waals surface area contributed by atoms with Gasteiger partial charge in [0.05, 0.1) is 6.04 Å². The summed E-state index contributed by atoms with van der Waals surface area (Å²) in [7, 11) is 1.71. The van der Waals surface area contributed by atoms with Crippen molar-refractivity contribution in [1.29, 1.82) is 0 Å². The third-order valence-electron chi connectivity index (χ3n) is 6.71. The van der Waals surface area contributed by atoms with Gasteiger partial charge in [-0.1, -0.05) is 76.6 Å². The zero-order chi connectivity index (χ0) is 26.9. The lowest BCUT2D eigenvalue weighted by Crippen LogP contribution is -2.59. The van der Waals surface area contributed by atoms with Crippen LogP contribution in [0.3, 0.4) is 0 Å². The van der Waals surface area contributed by atoms with Crippen LogP contribution in [0.25, 0.3) is 6.08 Å². The van der Waals surface area contributed by atoms with Crippen molar-refractivity contribution in [3.63, 3.8) is 0 Å². The summed E-state index contributed by atoms with van der Waals surface area (Å²) in [5.74, 6) is -0.765. The van der Waals surface area contributed by atoms with Gasteiger partial charge in [0, 0.05) is 6.20 Å². The third-order valence-corrected chi connectivity index (χ3v) is 6.71. The van der Waals surface area contributed by atoms with Gasteiger partial charge < -0.3 is 26.0 Å². The molecule has 8 nitrogen and oxygen atoms in total. The molecule has 8 heteroatoms. The second-order valence-corrected chi connectivity index (χ2v) is 9.73. The molecule has 0 spiro atoms. The van der Waals surface area contributed by atoms with E-state index in [2.05, 4.69) is 21.3 Å². The summed E-state index contributed by atoms with van der Waals surface area (Å²) >= 11 is 0. The van der Waals surface area contributed by atoms with Crippen molar-refractivity contribution < 1.29 is 19.1 Å². The van der Waals surface area contributed by atoms with Crippen molar-refractivity contribution >= 4 is 23.8 Å². The molecule has 0 saturated carbocycles. The highest BCUT2D eigenvalue weighted by Crippen LogP contribution is 2.27. The molecule has 3 unspecified atom stereocenters. The molecule has 0 aliphatic carbocycles. The predicted octanol–water partition coefficient (Wildman–Crippen LogP) is 3.17. The predicted molar refractivity (Wildman–Crippen MR) is 144 cm³/mol. The van der Waals surface area contributed by atoms with E-state index in [0.717, 1.165) is 5.56 Å². The van der Waals surface area contributed by atoms with E-state index in [1.807, 2.05) is 70.2 Å². The first-order valence-electron chi connectivity index (χ1n) is 12.8. The molecule has 2 aliphatic rings. The molecule has 198 valence electrons. The van der Waals surface area contributed by atoms with Crippen LogP contribution < -0.4 is 26.0 Å². The average Bonchev–Trinajstić information content (AvgIpc) is 2.89. The van der Waals surface area contributed by atoms with Crippen molar-refractivity contribution in [3.8, 4) is 5.75 Å². The van der Waals surface area contributed by atoms with Gasteiger partial charge in [-0.05, 0) is 48.2 Å². The zero-order valence-corrected chi connectivity index (χ0v) is 22.2. The quantitative estimate of drug-likeness (QED) is 0.461. The Kier molecular flexibility index (Phi) is 9.85. The van der Waals surface area contributed by atoms with E-state index in [1.165, 1.54) is 0 Å². The second kappa shape index (κ2) is 13.1. The minimum atomic E-state index is -1.11. The lowest BCUT2D eigenvalue weighted by atomic mass is 9.95. The highest BCUT2D eigenvalue weighted by molar-refractivity contribution is 5.94. The number of likely N-dealkylation sites (N-methyl/N-ethyl adjacent to an activating group) is 1. The minimum absolute atomic E-state index is 0.0133. The number of hydrogen-bond acceptors (Lipinski definition) is 5. The maximum absolute atomic E-state index is 13.9. The van der Waals surface area contributed by atoms with Gasteiger partial charge >= 0.3 is 0 Å². The summed E-state index contributed by atoms with van der Waals surface area (Å²) in [6.07, 6.45) is 3.18. The number of ether oxygens (including phenoxy) is 1. The molecule has 2 bridgehead atoms. The Morgan fingerprint density at radius 1 is 1.00 bits per heavy atom. The van der Waals surface area contributed by atoms with Gasteiger partial charge in [-0.2, -0.15) is 0 Å². The first-order valence-corrected chi connectivity index (χ1v) is 12.8. The Balaban J connectivity index is 2.11. The Morgan fingerprint density at radius 2 is 1.68 bits per heavy atom. The number of carbonyl (C=O) groups excluding carboxylic acids is 3. The van der Waals surface area contributed by atoms with Crippen LogP contribution >= 0.6 is 0 Å². The molecule has 3 amide bonds. The number of hydrogen-bond donors (Lipinski definition) is 4. The molecular formula is C29H38N4O4. The molecule has 0 saturated heterocycles. The SMILES string of the molecule is CCC(C)[C@@H]1NC(=O)C(NC(=O)C(NC)C(C)C)[C@H](c2ccccc2)Oc2ccc(cc2)/C=C/NC1=O. The number of fused-ring (bicyclic) bond motifs is 10. The summed E-state index contributed by atoms with van der Waals surface area (Å²) in [5, 5.41) is 11.6. The second-order valence-electron chi connectivity index (χ2n) is 9.73. The van der Waals surface area contributed by atoms with E-state index in [1.54, 1.807) is 31.5 Å². The number of rotatable bonds is 7. The summed E-state index contributed by atoms with van der Waals surface area (Å²) in [5.41, 5.74) is 1.60. The summed E-state index contributed by atoms with van der Waals surface area (Å²) < 4.78 is 6.38. The van der Waals surface area contributed by atoms with Crippen LogP contribution in [0.5, 0.6) is 5.75 Å². The molecule has 0 radical (unpaired) electrons. The molecular weight excluding hydrogens is 468 g/mol. The normalized spacial score (nSPS) is 22.7. The first-order chi connectivity index (χ1) is 17.7. The number of benzene rings is 2. The molecule has 2 aromatic carbocycles. The van der Waals surface area contributed by atoms with Gasteiger partial charge in [0.15, 0.2) is 6.10 Å². The lowest BCUT2D eigenvalue weighted by Gasteiger charge is -2.32. The third kappa shape index (κ3) is 7.20. The van der Waals surface area contributed by atoms with Crippen molar-refractivity contribution in [2.24, 2.45) is 11.8 Å². The Hall–Kier alpha value is -3.65. The zero-order valence-electron chi connectivity index (χ0n) is 22.2. The monoisotopic (exact) mass is 506 g/mol. The first kappa shape index (κ1) is 27.9. The van der Waals surface area contributed by atoms with E-state index < -0.39 is 30.1 Å². The highest BCUT2D eigenvalue weighted by Gasteiger charge is 2.37. The van der Waals surface area contributed by atoms with Crippen molar-refractivity contribution in [2.75, 3.05) is 7.05 Å². The van der Waals surface area contributed by atoms with Crippen molar-refractivity contribution in [3.05, 3.63) is 71.9 Å². The van der Waals surface area contributed by atoms with E-state index in [0.29, 0.717) is 17.7 Å². The van der Waals surface area contributed by atoms with E-state index >= 15 is 0 Å². The molecule has 37 heavy (non-hydrogen) atoms. The van der Waals surface area contributed by atoms with Crippen LogP contribution in [-0.4, -0.2) is 42.9 Å². The van der Waals surface area contributed by atoms with Gasteiger partial charge in [0.2, 0.25) is 17.7 Å². The van der Waals surface area contributed by atoms with E-state index in [9.17, 15) is 14.4 Å². The van der Waals surface area contributed by atoms with Crippen LogP contribution in [0.15, 0.2) is 60.8 Å². The maximum atomic E-state index is 13.9.